The largest absolute Gasteiger partial charge is 0.508 e. The topological polar surface area (TPSA) is 185 Å². The summed E-state index contributed by atoms with van der Waals surface area (Å²) in [5.41, 5.74) is 3.14. The lowest BCUT2D eigenvalue weighted by atomic mass is 9.96. The summed E-state index contributed by atoms with van der Waals surface area (Å²) in [5.74, 6) is -1.32. The number of aromatic hydroxyl groups is 1. The average molecular weight is 653 g/mol. The zero-order chi connectivity index (χ0) is 34.2. The Bertz CT molecular complexity index is 1340. The van der Waals surface area contributed by atoms with Gasteiger partial charge in [0.2, 0.25) is 23.6 Å². The molecule has 4 amide bonds. The Kier molecular flexibility index (Phi) is 15.6. The van der Waals surface area contributed by atoms with Crippen LogP contribution in [0, 0.1) is 0 Å². The van der Waals surface area contributed by atoms with E-state index >= 15 is 0 Å². The molecule has 2 aromatic carbocycles. The van der Waals surface area contributed by atoms with Gasteiger partial charge in [0.1, 0.15) is 17.8 Å². The van der Waals surface area contributed by atoms with Crippen LogP contribution in [0.5, 0.6) is 5.75 Å². The highest BCUT2D eigenvalue weighted by molar-refractivity contribution is 5.93. The van der Waals surface area contributed by atoms with Gasteiger partial charge in [-0.25, -0.2) is 0 Å². The van der Waals surface area contributed by atoms with Crippen molar-refractivity contribution in [3.05, 3.63) is 53.6 Å². The first-order chi connectivity index (χ1) is 22.7. The van der Waals surface area contributed by atoms with E-state index in [0.717, 1.165) is 29.7 Å². The van der Waals surface area contributed by atoms with Crippen LogP contribution >= 0.6 is 0 Å². The van der Waals surface area contributed by atoms with Crippen molar-refractivity contribution in [2.24, 2.45) is 0 Å². The Morgan fingerprint density at radius 2 is 1.57 bits per heavy atom. The Morgan fingerprint density at radius 1 is 0.851 bits per heavy atom. The molecule has 2 aromatic rings. The second-order valence-corrected chi connectivity index (χ2v) is 11.8. The number of carbonyl (C=O) groups is 4. The maximum atomic E-state index is 13.7. The summed E-state index contributed by atoms with van der Waals surface area (Å²) in [6.07, 6.45) is 2.89. The standard InChI is InChI=1S/C34H52N8O5/c1-35-14-6-10-26(37-3)31(44)39-16-17-40-32(45)29-19-22-8-5-9-23(18-22)24-12-13-30(43)25(20-24)21-28(38-4)34(47)41-27(33(46)42-29)11-7-15-36-2/h5,8-9,12-13,18,20,26-29,35-38,43H,6-7,10-11,14-17,19,21H2,1-4H3,(H,39,44)(H,40,45)(H,41,47)(H,42,46)/t26-,27-,28-,29-/m0/s1. The van der Waals surface area contributed by atoms with Crippen molar-refractivity contribution in [3.63, 3.8) is 0 Å². The Morgan fingerprint density at radius 3 is 2.30 bits per heavy atom. The van der Waals surface area contributed by atoms with Gasteiger partial charge >= 0.3 is 0 Å². The molecule has 9 N–H and O–H groups in total. The van der Waals surface area contributed by atoms with Crippen molar-refractivity contribution in [3.8, 4) is 16.9 Å². The number of likely N-dealkylation sites (N-methyl/N-ethyl adjacent to an activating group) is 2. The fraction of sp³-hybridized carbons (Fsp3) is 0.529. The van der Waals surface area contributed by atoms with E-state index in [1.807, 2.05) is 50.5 Å². The highest BCUT2D eigenvalue weighted by Crippen LogP contribution is 2.28. The van der Waals surface area contributed by atoms with Crippen molar-refractivity contribution in [1.29, 1.82) is 0 Å². The third kappa shape index (κ3) is 11.6. The molecule has 4 bridgehead atoms. The normalized spacial score (nSPS) is 19.0. The van der Waals surface area contributed by atoms with Gasteiger partial charge in [-0.2, -0.15) is 0 Å². The molecule has 4 atom stereocenters. The van der Waals surface area contributed by atoms with Gasteiger partial charge in [0.25, 0.3) is 0 Å². The monoisotopic (exact) mass is 652 g/mol. The van der Waals surface area contributed by atoms with Crippen LogP contribution in [0.25, 0.3) is 11.1 Å². The maximum Gasteiger partial charge on any atom is 0.243 e. The van der Waals surface area contributed by atoms with E-state index in [2.05, 4.69) is 42.5 Å². The number of benzene rings is 2. The van der Waals surface area contributed by atoms with Gasteiger partial charge in [-0.1, -0.05) is 30.3 Å². The predicted octanol–water partition coefficient (Wildman–Crippen LogP) is -0.465. The number of phenolic OH excluding ortho intramolecular Hbond substituents is 1. The summed E-state index contributed by atoms with van der Waals surface area (Å²) >= 11 is 0. The van der Waals surface area contributed by atoms with E-state index in [1.165, 1.54) is 0 Å². The molecule has 0 unspecified atom stereocenters. The van der Waals surface area contributed by atoms with Crippen molar-refractivity contribution in [2.75, 3.05) is 54.4 Å². The third-order valence-corrected chi connectivity index (χ3v) is 8.36. The van der Waals surface area contributed by atoms with E-state index in [9.17, 15) is 24.3 Å². The lowest BCUT2D eigenvalue weighted by Gasteiger charge is -2.25. The quantitative estimate of drug-likeness (QED) is 0.115. The highest BCUT2D eigenvalue weighted by Gasteiger charge is 2.29. The van der Waals surface area contributed by atoms with Crippen LogP contribution in [0.15, 0.2) is 42.5 Å². The molecule has 0 aromatic heterocycles. The number of hydrogen-bond acceptors (Lipinski definition) is 9. The number of carbonyl (C=O) groups excluding carboxylic acids is 4. The zero-order valence-electron chi connectivity index (χ0n) is 28.0. The van der Waals surface area contributed by atoms with E-state index < -0.39 is 29.9 Å². The molecule has 1 aliphatic rings. The van der Waals surface area contributed by atoms with E-state index in [1.54, 1.807) is 20.2 Å². The SMILES string of the molecule is CNCCC[C@H](NC)C(=O)NCCNC(=O)[C@@H]1Cc2cccc(c2)-c2ccc(O)c(c2)C[C@H](NC)C(=O)N[C@@H](CCCNC)C(=O)N1. The molecule has 13 heteroatoms. The van der Waals surface area contributed by atoms with Gasteiger partial charge in [0.05, 0.1) is 12.1 Å². The van der Waals surface area contributed by atoms with Gasteiger partial charge in [-0.05, 0) is 101 Å². The van der Waals surface area contributed by atoms with E-state index in [-0.39, 0.29) is 49.5 Å². The molecule has 0 saturated carbocycles. The molecule has 0 aliphatic carbocycles. The van der Waals surface area contributed by atoms with Crippen LogP contribution in [-0.2, 0) is 32.0 Å². The second kappa shape index (κ2) is 19.6. The number of rotatable bonds is 15. The summed E-state index contributed by atoms with van der Waals surface area (Å²) in [6, 6.07) is 10.1. The van der Waals surface area contributed by atoms with Crippen molar-refractivity contribution >= 4 is 23.6 Å². The lowest BCUT2D eigenvalue weighted by molar-refractivity contribution is -0.132. The van der Waals surface area contributed by atoms with Crippen LogP contribution in [0.2, 0.25) is 0 Å². The molecule has 47 heavy (non-hydrogen) atoms. The number of amides is 4. The summed E-state index contributed by atoms with van der Waals surface area (Å²) in [4.78, 5) is 53.3. The molecular formula is C34H52N8O5. The molecular weight excluding hydrogens is 600 g/mol. The minimum Gasteiger partial charge on any atom is -0.508 e. The van der Waals surface area contributed by atoms with Gasteiger partial charge in [-0.15, -0.1) is 0 Å². The number of phenols is 1. The van der Waals surface area contributed by atoms with Crippen LogP contribution < -0.4 is 42.5 Å². The van der Waals surface area contributed by atoms with Crippen molar-refractivity contribution in [2.45, 2.75) is 62.7 Å². The average Bonchev–Trinajstić information content (AvgIpc) is 3.07. The van der Waals surface area contributed by atoms with Crippen LogP contribution in [0.1, 0.15) is 36.8 Å². The smallest absolute Gasteiger partial charge is 0.243 e. The van der Waals surface area contributed by atoms with Crippen LogP contribution in [0.4, 0.5) is 0 Å². The van der Waals surface area contributed by atoms with Gasteiger partial charge in [0.15, 0.2) is 0 Å². The lowest BCUT2D eigenvalue weighted by Crippen LogP contribution is -2.57. The van der Waals surface area contributed by atoms with Gasteiger partial charge in [0, 0.05) is 25.9 Å². The maximum absolute atomic E-state index is 13.7. The fourth-order valence-electron chi connectivity index (χ4n) is 5.60. The van der Waals surface area contributed by atoms with Crippen molar-refractivity contribution in [1.82, 2.24) is 42.5 Å². The fourth-order valence-corrected chi connectivity index (χ4v) is 5.60. The van der Waals surface area contributed by atoms with Gasteiger partial charge in [-0.3, -0.25) is 19.2 Å². The molecule has 3 rings (SSSR count). The summed E-state index contributed by atoms with van der Waals surface area (Å²) in [7, 11) is 7.08. The number of fused-ring (bicyclic) bond motifs is 5. The van der Waals surface area contributed by atoms with Gasteiger partial charge < -0.3 is 47.6 Å². The Hall–Kier alpha value is -4.04. The molecule has 13 nitrogen and oxygen atoms in total. The molecule has 0 saturated heterocycles. The van der Waals surface area contributed by atoms with Crippen LogP contribution in [-0.4, -0.2) is 107 Å². The first-order valence-electron chi connectivity index (χ1n) is 16.4. The molecule has 0 spiro atoms. The molecule has 258 valence electrons. The summed E-state index contributed by atoms with van der Waals surface area (Å²) in [6.45, 7) is 1.85. The van der Waals surface area contributed by atoms with E-state index in [0.29, 0.717) is 31.4 Å². The van der Waals surface area contributed by atoms with Crippen LogP contribution in [0.3, 0.4) is 0 Å². The number of nitrogens with one attached hydrogen (secondary N) is 8. The molecule has 1 heterocycles. The third-order valence-electron chi connectivity index (χ3n) is 8.36. The second-order valence-electron chi connectivity index (χ2n) is 11.8. The Balaban J connectivity index is 1.84. The zero-order valence-corrected chi connectivity index (χ0v) is 28.0. The first kappa shape index (κ1) is 37.4. The Labute approximate surface area is 277 Å². The van der Waals surface area contributed by atoms with Crippen molar-refractivity contribution < 1.29 is 24.3 Å². The summed E-state index contributed by atoms with van der Waals surface area (Å²) < 4.78 is 0. The molecule has 0 radical (unpaired) electrons. The minimum atomic E-state index is -0.940. The number of hydrogen-bond donors (Lipinski definition) is 9. The molecule has 0 fully saturated rings. The predicted molar refractivity (Wildman–Crippen MR) is 183 cm³/mol. The highest BCUT2D eigenvalue weighted by atomic mass is 16.3. The van der Waals surface area contributed by atoms with E-state index in [4.69, 9.17) is 0 Å². The molecule has 1 aliphatic heterocycles. The first-order valence-corrected chi connectivity index (χ1v) is 16.4. The minimum absolute atomic E-state index is 0.0776. The summed E-state index contributed by atoms with van der Waals surface area (Å²) in [5, 5.41) is 34.3.